The van der Waals surface area contributed by atoms with Crippen molar-refractivity contribution >= 4 is 17.5 Å². The van der Waals surface area contributed by atoms with Gasteiger partial charge in [0, 0.05) is 32.8 Å². The van der Waals surface area contributed by atoms with Crippen LogP contribution in [0.5, 0.6) is 0 Å². The number of anilines is 1. The Labute approximate surface area is 124 Å². The molecule has 1 unspecified atom stereocenters. The summed E-state index contributed by atoms with van der Waals surface area (Å²) in [5, 5.41) is 2.86. The van der Waals surface area contributed by atoms with E-state index in [1.807, 2.05) is 18.2 Å². The predicted molar refractivity (Wildman–Crippen MR) is 79.6 cm³/mol. The van der Waals surface area contributed by atoms with E-state index in [0.717, 1.165) is 5.56 Å². The Morgan fingerprint density at radius 3 is 2.76 bits per heavy atom. The van der Waals surface area contributed by atoms with Crippen molar-refractivity contribution < 1.29 is 14.3 Å². The van der Waals surface area contributed by atoms with Gasteiger partial charge in [0.2, 0.25) is 11.8 Å². The quantitative estimate of drug-likeness (QED) is 0.856. The molecule has 2 rings (SSSR count). The molecule has 1 fully saturated rings. The third-order valence-electron chi connectivity index (χ3n) is 3.71. The van der Waals surface area contributed by atoms with Gasteiger partial charge >= 0.3 is 0 Å². The van der Waals surface area contributed by atoms with Crippen LogP contribution in [0.15, 0.2) is 24.3 Å². The molecular formula is C15H21N3O3. The minimum atomic E-state index is -0.973. The van der Waals surface area contributed by atoms with E-state index < -0.39 is 5.54 Å². The molecule has 0 spiro atoms. The molecule has 0 aromatic heterocycles. The maximum absolute atomic E-state index is 12.3. The van der Waals surface area contributed by atoms with Crippen molar-refractivity contribution in [1.82, 2.24) is 4.90 Å². The first-order valence-electron chi connectivity index (χ1n) is 6.90. The smallest absolute Gasteiger partial charge is 0.246 e. The Kier molecular flexibility index (Phi) is 4.59. The predicted octanol–water partition coefficient (Wildman–Crippen LogP) is 0.721. The molecular weight excluding hydrogens is 270 g/mol. The lowest BCUT2D eigenvalue weighted by Crippen LogP contribution is -2.51. The fraction of sp³-hybridized carbons (Fsp3) is 0.467. The number of rotatable bonds is 4. The number of para-hydroxylation sites is 1. The van der Waals surface area contributed by atoms with E-state index in [9.17, 15) is 9.59 Å². The van der Waals surface area contributed by atoms with Crippen molar-refractivity contribution in [2.45, 2.75) is 25.4 Å². The summed E-state index contributed by atoms with van der Waals surface area (Å²) in [7, 11) is 1.72. The largest absolute Gasteiger partial charge is 0.379 e. The van der Waals surface area contributed by atoms with Crippen LogP contribution in [0.3, 0.4) is 0 Å². The average molecular weight is 291 g/mol. The van der Waals surface area contributed by atoms with Crippen molar-refractivity contribution in [3.05, 3.63) is 29.8 Å². The average Bonchev–Trinajstić information content (AvgIpc) is 2.89. The summed E-state index contributed by atoms with van der Waals surface area (Å²) in [4.78, 5) is 25.2. The van der Waals surface area contributed by atoms with Crippen molar-refractivity contribution in [2.24, 2.45) is 5.73 Å². The summed E-state index contributed by atoms with van der Waals surface area (Å²) in [6.45, 7) is 2.67. The molecule has 3 N–H and O–H groups in total. The van der Waals surface area contributed by atoms with Crippen molar-refractivity contribution in [1.29, 1.82) is 0 Å². The third kappa shape index (κ3) is 3.59. The Morgan fingerprint density at radius 1 is 1.43 bits per heavy atom. The van der Waals surface area contributed by atoms with E-state index in [4.69, 9.17) is 10.5 Å². The third-order valence-corrected chi connectivity index (χ3v) is 3.71. The first-order chi connectivity index (χ1) is 9.92. The van der Waals surface area contributed by atoms with E-state index in [1.54, 1.807) is 18.0 Å². The second-order valence-corrected chi connectivity index (χ2v) is 5.45. The lowest BCUT2D eigenvalue weighted by atomic mass is 9.99. The van der Waals surface area contributed by atoms with Gasteiger partial charge in [-0.05, 0) is 18.1 Å². The maximum Gasteiger partial charge on any atom is 0.246 e. The van der Waals surface area contributed by atoms with E-state index in [-0.39, 0.29) is 18.4 Å². The van der Waals surface area contributed by atoms with Gasteiger partial charge < -0.3 is 20.7 Å². The second-order valence-electron chi connectivity index (χ2n) is 5.45. The van der Waals surface area contributed by atoms with Gasteiger partial charge in [-0.1, -0.05) is 18.2 Å². The van der Waals surface area contributed by atoms with Crippen LogP contribution in [0.4, 0.5) is 5.69 Å². The summed E-state index contributed by atoms with van der Waals surface area (Å²) in [6.07, 6.45) is 0.508. The van der Waals surface area contributed by atoms with Gasteiger partial charge in [-0.3, -0.25) is 9.59 Å². The molecule has 1 aromatic rings. The number of nitrogens with one attached hydrogen (secondary N) is 1. The van der Waals surface area contributed by atoms with Crippen LogP contribution in [-0.2, 0) is 20.9 Å². The van der Waals surface area contributed by atoms with Crippen LogP contribution in [0.1, 0.15) is 18.9 Å². The molecule has 1 aliphatic heterocycles. The number of nitrogens with zero attached hydrogens (tertiary/aromatic N) is 1. The number of hydrogen-bond donors (Lipinski definition) is 2. The van der Waals surface area contributed by atoms with E-state index >= 15 is 0 Å². The SMILES string of the molecule is CC(=O)N(C)Cc1ccccc1NC(=O)C1(N)CCOC1. The number of benzene rings is 1. The maximum atomic E-state index is 12.3. The molecule has 1 aromatic carbocycles. The van der Waals surface area contributed by atoms with Gasteiger partial charge in [-0.15, -0.1) is 0 Å². The highest BCUT2D eigenvalue weighted by molar-refractivity contribution is 5.98. The van der Waals surface area contributed by atoms with E-state index in [0.29, 0.717) is 25.3 Å². The molecule has 1 heterocycles. The number of amides is 2. The minimum Gasteiger partial charge on any atom is -0.379 e. The monoisotopic (exact) mass is 291 g/mol. The number of carbonyl (C=O) groups is 2. The summed E-state index contributed by atoms with van der Waals surface area (Å²) in [5.74, 6) is -0.284. The van der Waals surface area contributed by atoms with Gasteiger partial charge in [-0.2, -0.15) is 0 Å². The highest BCUT2D eigenvalue weighted by Gasteiger charge is 2.38. The fourth-order valence-electron chi connectivity index (χ4n) is 2.15. The molecule has 1 saturated heterocycles. The lowest BCUT2D eigenvalue weighted by Gasteiger charge is -2.23. The molecule has 1 atom stereocenters. The molecule has 6 nitrogen and oxygen atoms in total. The molecule has 21 heavy (non-hydrogen) atoms. The number of nitrogens with two attached hydrogens (primary N) is 1. The first kappa shape index (κ1) is 15.5. The molecule has 6 heteroatoms. The number of hydrogen-bond acceptors (Lipinski definition) is 4. The van der Waals surface area contributed by atoms with Gasteiger partial charge in [-0.25, -0.2) is 0 Å². The summed E-state index contributed by atoms with van der Waals surface area (Å²) in [5.41, 5.74) is 6.62. The van der Waals surface area contributed by atoms with Crippen LogP contribution < -0.4 is 11.1 Å². The molecule has 0 bridgehead atoms. The van der Waals surface area contributed by atoms with Crippen LogP contribution in [-0.4, -0.2) is 42.5 Å². The Balaban J connectivity index is 2.13. The molecule has 0 aliphatic carbocycles. The Bertz CT molecular complexity index is 539. The van der Waals surface area contributed by atoms with Crippen LogP contribution in [0, 0.1) is 0 Å². The second kappa shape index (κ2) is 6.24. The first-order valence-corrected chi connectivity index (χ1v) is 6.90. The zero-order valence-electron chi connectivity index (χ0n) is 12.4. The fourth-order valence-corrected chi connectivity index (χ4v) is 2.15. The van der Waals surface area contributed by atoms with E-state index in [1.165, 1.54) is 6.92 Å². The van der Waals surface area contributed by atoms with Gasteiger partial charge in [0.1, 0.15) is 5.54 Å². The van der Waals surface area contributed by atoms with Gasteiger partial charge in [0.05, 0.1) is 6.61 Å². The molecule has 2 amide bonds. The lowest BCUT2D eigenvalue weighted by molar-refractivity contribution is -0.128. The van der Waals surface area contributed by atoms with Crippen LogP contribution >= 0.6 is 0 Å². The highest BCUT2D eigenvalue weighted by Crippen LogP contribution is 2.21. The van der Waals surface area contributed by atoms with Crippen molar-refractivity contribution in [3.63, 3.8) is 0 Å². The van der Waals surface area contributed by atoms with Crippen LogP contribution in [0.25, 0.3) is 0 Å². The molecule has 0 saturated carbocycles. The molecule has 0 radical (unpaired) electrons. The van der Waals surface area contributed by atoms with E-state index in [2.05, 4.69) is 5.32 Å². The number of carbonyl (C=O) groups excluding carboxylic acids is 2. The van der Waals surface area contributed by atoms with Crippen molar-refractivity contribution in [2.75, 3.05) is 25.6 Å². The standard InChI is InChI=1S/C15H21N3O3/c1-11(19)18(2)9-12-5-3-4-6-13(12)17-14(20)15(16)7-8-21-10-15/h3-6H,7-10,16H2,1-2H3,(H,17,20). The summed E-state index contributed by atoms with van der Waals surface area (Å²) >= 11 is 0. The normalized spacial score (nSPS) is 21.1. The topological polar surface area (TPSA) is 84.7 Å². The highest BCUT2D eigenvalue weighted by atomic mass is 16.5. The van der Waals surface area contributed by atoms with Gasteiger partial charge in [0.25, 0.3) is 0 Å². The van der Waals surface area contributed by atoms with Gasteiger partial charge in [0.15, 0.2) is 0 Å². The Morgan fingerprint density at radius 2 is 2.14 bits per heavy atom. The zero-order valence-corrected chi connectivity index (χ0v) is 12.4. The Hall–Kier alpha value is -1.92. The summed E-state index contributed by atoms with van der Waals surface area (Å²) in [6, 6.07) is 7.39. The molecule has 1 aliphatic rings. The number of ether oxygens (including phenoxy) is 1. The summed E-state index contributed by atoms with van der Waals surface area (Å²) < 4.78 is 5.21. The zero-order chi connectivity index (χ0) is 15.5. The van der Waals surface area contributed by atoms with Crippen LogP contribution in [0.2, 0.25) is 0 Å². The minimum absolute atomic E-state index is 0.0318. The molecule has 114 valence electrons. The van der Waals surface area contributed by atoms with Crippen molar-refractivity contribution in [3.8, 4) is 0 Å².